The van der Waals surface area contributed by atoms with Crippen LogP contribution in [0.1, 0.15) is 19.8 Å². The third kappa shape index (κ3) is 7.22. The highest BCUT2D eigenvalue weighted by Gasteiger charge is 1.70. The van der Waals surface area contributed by atoms with Crippen LogP contribution in [0.2, 0.25) is 0 Å². The number of hydrogen-bond donors (Lipinski definition) is 0. The number of allylic oxidation sites excluding steroid dienone is 5. The summed E-state index contributed by atoms with van der Waals surface area (Å²) in [5, 5.41) is 0. The van der Waals surface area contributed by atoms with Gasteiger partial charge in [-0.15, -0.1) is 0 Å². The van der Waals surface area contributed by atoms with Gasteiger partial charge in [-0.05, 0) is 19.8 Å². The Morgan fingerprint density at radius 1 is 1.22 bits per heavy atom. The summed E-state index contributed by atoms with van der Waals surface area (Å²) in [4.78, 5) is 0. The van der Waals surface area contributed by atoms with Crippen molar-refractivity contribution in [2.24, 2.45) is 0 Å². The fourth-order valence-electron chi connectivity index (χ4n) is 0.478. The molecule has 0 aliphatic carbocycles. The molecular formula is C9H13. The largest absolute Gasteiger partial charge is 0.0877 e. The number of unbranched alkanes of at least 4 members (excludes halogenated alkanes) is 1. The van der Waals surface area contributed by atoms with Crippen molar-refractivity contribution in [2.45, 2.75) is 19.8 Å². The van der Waals surface area contributed by atoms with Gasteiger partial charge in [-0.1, -0.05) is 37.0 Å². The van der Waals surface area contributed by atoms with Crippen molar-refractivity contribution in [3.8, 4) is 0 Å². The first-order valence-electron chi connectivity index (χ1n) is 3.23. The maximum Gasteiger partial charge on any atom is -0.0313 e. The molecule has 0 heterocycles. The molecule has 0 bridgehead atoms. The minimum absolute atomic E-state index is 0.966. The van der Waals surface area contributed by atoms with Crippen LogP contribution in [0.4, 0.5) is 0 Å². The molecular weight excluding hydrogens is 108 g/mol. The summed E-state index contributed by atoms with van der Waals surface area (Å²) in [7, 11) is 0. The second-order valence-corrected chi connectivity index (χ2v) is 1.77. The summed E-state index contributed by atoms with van der Waals surface area (Å²) in [5.74, 6) is 0. The Balaban J connectivity index is 3.14. The van der Waals surface area contributed by atoms with Crippen molar-refractivity contribution in [3.05, 3.63) is 37.0 Å². The van der Waals surface area contributed by atoms with E-state index < -0.39 is 0 Å². The fraction of sp³-hybridized carbons (Fsp3) is 0.333. The Labute approximate surface area is 57.6 Å². The van der Waals surface area contributed by atoms with E-state index in [1.807, 2.05) is 25.2 Å². The second kappa shape index (κ2) is 7.22. The molecule has 0 aromatic carbocycles. The highest BCUT2D eigenvalue weighted by Crippen LogP contribution is 1.90. The van der Waals surface area contributed by atoms with Gasteiger partial charge in [0.1, 0.15) is 0 Å². The van der Waals surface area contributed by atoms with Gasteiger partial charge in [0, 0.05) is 0 Å². The highest BCUT2D eigenvalue weighted by molar-refractivity contribution is 5.01. The van der Waals surface area contributed by atoms with Gasteiger partial charge in [-0.3, -0.25) is 0 Å². The lowest BCUT2D eigenvalue weighted by atomic mass is 10.3. The third-order valence-electron chi connectivity index (χ3n) is 0.940. The first kappa shape index (κ1) is 8.22. The quantitative estimate of drug-likeness (QED) is 0.396. The van der Waals surface area contributed by atoms with E-state index in [0.29, 0.717) is 0 Å². The van der Waals surface area contributed by atoms with Crippen molar-refractivity contribution < 1.29 is 0 Å². The van der Waals surface area contributed by atoms with Crippen molar-refractivity contribution in [1.82, 2.24) is 0 Å². The maximum atomic E-state index is 5.17. The Kier molecular flexibility index (Phi) is 6.59. The SMILES string of the molecule is [CH]=CCC/C=C/C=C/C. The van der Waals surface area contributed by atoms with Crippen molar-refractivity contribution in [2.75, 3.05) is 0 Å². The predicted octanol–water partition coefficient (Wildman–Crippen LogP) is 2.89. The molecule has 0 unspecified atom stereocenters. The molecule has 0 N–H and O–H groups in total. The predicted molar refractivity (Wildman–Crippen MR) is 42.1 cm³/mol. The lowest BCUT2D eigenvalue weighted by Crippen LogP contribution is -1.60. The highest BCUT2D eigenvalue weighted by atomic mass is 13.8. The molecule has 0 amide bonds. The summed E-state index contributed by atoms with van der Waals surface area (Å²) < 4.78 is 0. The standard InChI is InChI=1S/C9H13/c1-3-5-7-9-8-6-4-2/h1,3-4,6,8-9H,5,7H2,2H3/b3-1?,6-4+,9-8+. The van der Waals surface area contributed by atoms with Crippen LogP contribution in [-0.2, 0) is 0 Å². The van der Waals surface area contributed by atoms with E-state index in [2.05, 4.69) is 6.08 Å². The van der Waals surface area contributed by atoms with Crippen LogP contribution in [0.5, 0.6) is 0 Å². The molecule has 0 nitrogen and oxygen atoms in total. The average molecular weight is 121 g/mol. The van der Waals surface area contributed by atoms with Crippen LogP contribution < -0.4 is 0 Å². The number of rotatable bonds is 4. The monoisotopic (exact) mass is 121 g/mol. The van der Waals surface area contributed by atoms with Crippen LogP contribution in [0.15, 0.2) is 30.4 Å². The van der Waals surface area contributed by atoms with Crippen LogP contribution in [0.3, 0.4) is 0 Å². The van der Waals surface area contributed by atoms with E-state index in [4.69, 9.17) is 6.58 Å². The van der Waals surface area contributed by atoms with E-state index in [1.54, 1.807) is 6.08 Å². The van der Waals surface area contributed by atoms with Gasteiger partial charge in [0.05, 0.1) is 0 Å². The minimum Gasteiger partial charge on any atom is -0.0877 e. The van der Waals surface area contributed by atoms with E-state index in [9.17, 15) is 0 Å². The zero-order valence-electron chi connectivity index (χ0n) is 5.88. The van der Waals surface area contributed by atoms with Gasteiger partial charge in [-0.2, -0.15) is 0 Å². The maximum absolute atomic E-state index is 5.17. The molecule has 0 rings (SSSR count). The van der Waals surface area contributed by atoms with E-state index in [1.165, 1.54) is 0 Å². The summed E-state index contributed by atoms with van der Waals surface area (Å²) in [5.41, 5.74) is 0. The Bertz CT molecular complexity index is 107. The summed E-state index contributed by atoms with van der Waals surface area (Å²) in [6.07, 6.45) is 11.8. The normalized spacial score (nSPS) is 11.2. The molecule has 9 heavy (non-hydrogen) atoms. The van der Waals surface area contributed by atoms with Gasteiger partial charge < -0.3 is 0 Å². The topological polar surface area (TPSA) is 0 Å². The van der Waals surface area contributed by atoms with E-state index >= 15 is 0 Å². The van der Waals surface area contributed by atoms with Gasteiger partial charge in [-0.25, -0.2) is 0 Å². The summed E-state index contributed by atoms with van der Waals surface area (Å²) in [6, 6.07) is 0. The van der Waals surface area contributed by atoms with Crippen LogP contribution >= 0.6 is 0 Å². The van der Waals surface area contributed by atoms with E-state index in [-0.39, 0.29) is 0 Å². The molecule has 0 fully saturated rings. The van der Waals surface area contributed by atoms with Crippen LogP contribution in [-0.4, -0.2) is 0 Å². The Morgan fingerprint density at radius 3 is 2.56 bits per heavy atom. The van der Waals surface area contributed by atoms with Crippen LogP contribution in [0.25, 0.3) is 0 Å². The Hall–Kier alpha value is -0.780. The van der Waals surface area contributed by atoms with Gasteiger partial charge >= 0.3 is 0 Å². The van der Waals surface area contributed by atoms with Gasteiger partial charge in [0.25, 0.3) is 0 Å². The van der Waals surface area contributed by atoms with E-state index in [0.717, 1.165) is 12.8 Å². The summed E-state index contributed by atoms with van der Waals surface area (Å²) in [6.45, 7) is 7.17. The summed E-state index contributed by atoms with van der Waals surface area (Å²) >= 11 is 0. The molecule has 0 saturated carbocycles. The zero-order chi connectivity index (χ0) is 6.95. The molecule has 0 heteroatoms. The first-order chi connectivity index (χ1) is 4.41. The zero-order valence-corrected chi connectivity index (χ0v) is 5.88. The first-order valence-corrected chi connectivity index (χ1v) is 3.23. The van der Waals surface area contributed by atoms with Crippen LogP contribution in [0, 0.1) is 6.58 Å². The van der Waals surface area contributed by atoms with Crippen molar-refractivity contribution >= 4 is 0 Å². The lowest BCUT2D eigenvalue weighted by Gasteiger charge is -1.80. The molecule has 0 aromatic rings. The number of hydrogen-bond acceptors (Lipinski definition) is 0. The van der Waals surface area contributed by atoms with Crippen molar-refractivity contribution in [3.63, 3.8) is 0 Å². The molecule has 0 saturated heterocycles. The minimum atomic E-state index is 0.966. The molecule has 1 radical (unpaired) electrons. The molecule has 0 aliphatic heterocycles. The molecule has 0 spiro atoms. The molecule has 49 valence electrons. The van der Waals surface area contributed by atoms with Gasteiger partial charge in [0.2, 0.25) is 0 Å². The second-order valence-electron chi connectivity index (χ2n) is 1.77. The third-order valence-corrected chi connectivity index (χ3v) is 0.940. The average Bonchev–Trinajstić information content (AvgIpc) is 1.89. The lowest BCUT2D eigenvalue weighted by molar-refractivity contribution is 1.05. The molecule has 0 aliphatic rings. The van der Waals surface area contributed by atoms with Crippen molar-refractivity contribution in [1.29, 1.82) is 0 Å². The molecule has 0 aromatic heterocycles. The Morgan fingerprint density at radius 2 is 2.00 bits per heavy atom. The molecule has 0 atom stereocenters. The van der Waals surface area contributed by atoms with Gasteiger partial charge in [0.15, 0.2) is 0 Å². The fourth-order valence-corrected chi connectivity index (χ4v) is 0.478. The smallest absolute Gasteiger partial charge is 0.0313 e.